The van der Waals surface area contributed by atoms with Crippen LogP contribution in [0.4, 0.5) is 5.95 Å². The number of phenolic OH excluding ortho intramolecular Hbond substituents is 1. The van der Waals surface area contributed by atoms with E-state index in [2.05, 4.69) is 15.3 Å². The molecule has 1 heterocycles. The van der Waals surface area contributed by atoms with Gasteiger partial charge in [0.1, 0.15) is 5.75 Å². The zero-order valence-corrected chi connectivity index (χ0v) is 14.6. The fourth-order valence-corrected chi connectivity index (χ4v) is 3.19. The molecule has 0 bridgehead atoms. The predicted molar refractivity (Wildman–Crippen MR) is 105 cm³/mol. The summed E-state index contributed by atoms with van der Waals surface area (Å²) in [6.45, 7) is 0. The van der Waals surface area contributed by atoms with E-state index >= 15 is 0 Å². The summed E-state index contributed by atoms with van der Waals surface area (Å²) < 4.78 is 0. The van der Waals surface area contributed by atoms with Gasteiger partial charge in [-0.25, -0.2) is 9.97 Å². The van der Waals surface area contributed by atoms with Gasteiger partial charge in [0.15, 0.2) is 0 Å². The zero-order valence-electron chi connectivity index (χ0n) is 13.8. The summed E-state index contributed by atoms with van der Waals surface area (Å²) in [6, 6.07) is 20.6. The Kier molecular flexibility index (Phi) is 4.42. The Morgan fingerprint density at radius 1 is 0.846 bits per heavy atom. The van der Waals surface area contributed by atoms with E-state index < -0.39 is 0 Å². The molecule has 0 saturated carbocycles. The number of aromatic nitrogens is 2. The van der Waals surface area contributed by atoms with Crippen molar-refractivity contribution in [1.82, 2.24) is 9.97 Å². The van der Waals surface area contributed by atoms with Crippen molar-refractivity contribution >= 4 is 28.3 Å². The normalized spacial score (nSPS) is 12.0. The summed E-state index contributed by atoms with van der Waals surface area (Å²) in [7, 11) is 0. The van der Waals surface area contributed by atoms with Gasteiger partial charge in [-0.05, 0) is 40.6 Å². The van der Waals surface area contributed by atoms with Gasteiger partial charge in [0.05, 0.1) is 6.04 Å². The van der Waals surface area contributed by atoms with Crippen LogP contribution in [0, 0.1) is 0 Å². The lowest BCUT2D eigenvalue weighted by Gasteiger charge is -2.22. The highest BCUT2D eigenvalue weighted by Gasteiger charge is 2.21. The molecule has 4 nitrogen and oxygen atoms in total. The Balaban J connectivity index is 1.91. The highest BCUT2D eigenvalue weighted by Crippen LogP contribution is 2.37. The van der Waals surface area contributed by atoms with Crippen LogP contribution < -0.4 is 5.32 Å². The van der Waals surface area contributed by atoms with Crippen LogP contribution in [0.15, 0.2) is 79.1 Å². The third-order valence-corrected chi connectivity index (χ3v) is 4.53. The number of benzene rings is 3. The standard InChI is InChI=1S/C21H16ClN3O/c22-16-9-6-15(7-10-16)20(25-21-23-12-3-13-24-21)19-17-5-2-1-4-14(17)8-11-18(19)26/h1-13,20,26H,(H,23,24,25). The molecule has 0 spiro atoms. The molecule has 5 heteroatoms. The van der Waals surface area contributed by atoms with E-state index in [4.69, 9.17) is 11.6 Å². The number of phenols is 1. The first kappa shape index (κ1) is 16.4. The number of nitrogens with zero attached hydrogens (tertiary/aromatic N) is 2. The molecule has 1 aromatic heterocycles. The van der Waals surface area contributed by atoms with E-state index in [1.165, 1.54) is 0 Å². The monoisotopic (exact) mass is 361 g/mol. The molecule has 0 amide bonds. The number of fused-ring (bicyclic) bond motifs is 1. The minimum absolute atomic E-state index is 0.215. The zero-order chi connectivity index (χ0) is 17.9. The van der Waals surface area contributed by atoms with Crippen molar-refractivity contribution in [2.24, 2.45) is 0 Å². The fraction of sp³-hybridized carbons (Fsp3) is 0.0476. The summed E-state index contributed by atoms with van der Waals surface area (Å²) in [4.78, 5) is 8.53. The van der Waals surface area contributed by atoms with Gasteiger partial charge in [0.25, 0.3) is 0 Å². The number of hydrogen-bond acceptors (Lipinski definition) is 4. The summed E-state index contributed by atoms with van der Waals surface area (Å²) in [5.41, 5.74) is 1.73. The summed E-state index contributed by atoms with van der Waals surface area (Å²) in [5, 5.41) is 16.7. The molecule has 1 unspecified atom stereocenters. The Morgan fingerprint density at radius 2 is 1.58 bits per heavy atom. The Labute approximate surface area is 156 Å². The molecule has 0 aliphatic carbocycles. The highest BCUT2D eigenvalue weighted by molar-refractivity contribution is 6.30. The van der Waals surface area contributed by atoms with Crippen LogP contribution in [0.25, 0.3) is 10.8 Å². The molecular weight excluding hydrogens is 346 g/mol. The molecule has 2 N–H and O–H groups in total. The molecule has 0 fully saturated rings. The summed E-state index contributed by atoms with van der Waals surface area (Å²) in [6.07, 6.45) is 3.36. The quantitative estimate of drug-likeness (QED) is 0.525. The Hall–Kier alpha value is -3.11. The molecule has 0 aliphatic rings. The maximum atomic E-state index is 10.7. The average molecular weight is 362 g/mol. The smallest absolute Gasteiger partial charge is 0.223 e. The van der Waals surface area contributed by atoms with Crippen LogP contribution in [0.2, 0.25) is 5.02 Å². The summed E-state index contributed by atoms with van der Waals surface area (Å²) >= 11 is 6.05. The number of hydrogen-bond donors (Lipinski definition) is 2. The average Bonchev–Trinajstić information content (AvgIpc) is 2.68. The van der Waals surface area contributed by atoms with Gasteiger partial charge in [-0.3, -0.25) is 0 Å². The van der Waals surface area contributed by atoms with E-state index in [-0.39, 0.29) is 11.8 Å². The minimum atomic E-state index is -0.333. The highest BCUT2D eigenvalue weighted by atomic mass is 35.5. The molecule has 3 aromatic carbocycles. The van der Waals surface area contributed by atoms with Crippen LogP contribution >= 0.6 is 11.6 Å². The topological polar surface area (TPSA) is 58.0 Å². The molecule has 4 rings (SSSR count). The third kappa shape index (κ3) is 3.19. The van der Waals surface area contributed by atoms with Crippen molar-refractivity contribution in [3.63, 3.8) is 0 Å². The van der Waals surface area contributed by atoms with Gasteiger partial charge < -0.3 is 10.4 Å². The molecular formula is C21H16ClN3O. The Bertz CT molecular complexity index is 1040. The Morgan fingerprint density at radius 3 is 2.35 bits per heavy atom. The van der Waals surface area contributed by atoms with Crippen LogP contribution in [0.5, 0.6) is 5.75 Å². The first-order valence-electron chi connectivity index (χ1n) is 8.22. The second-order valence-electron chi connectivity index (χ2n) is 5.92. The van der Waals surface area contributed by atoms with Crippen molar-refractivity contribution in [2.45, 2.75) is 6.04 Å². The van der Waals surface area contributed by atoms with Crippen molar-refractivity contribution in [1.29, 1.82) is 0 Å². The molecule has 128 valence electrons. The lowest BCUT2D eigenvalue weighted by atomic mass is 9.93. The summed E-state index contributed by atoms with van der Waals surface area (Å²) in [5.74, 6) is 0.701. The predicted octanol–water partition coefficient (Wildman–Crippen LogP) is 5.19. The fourth-order valence-electron chi connectivity index (χ4n) is 3.07. The lowest BCUT2D eigenvalue weighted by molar-refractivity contribution is 0.468. The van der Waals surface area contributed by atoms with Crippen molar-refractivity contribution in [3.05, 3.63) is 95.3 Å². The van der Waals surface area contributed by atoms with E-state index in [9.17, 15) is 5.11 Å². The largest absolute Gasteiger partial charge is 0.508 e. The van der Waals surface area contributed by atoms with Gasteiger partial charge in [0, 0.05) is 23.0 Å². The second kappa shape index (κ2) is 7.02. The minimum Gasteiger partial charge on any atom is -0.508 e. The van der Waals surface area contributed by atoms with Crippen LogP contribution in [-0.2, 0) is 0 Å². The van der Waals surface area contributed by atoms with Gasteiger partial charge in [-0.15, -0.1) is 0 Å². The lowest BCUT2D eigenvalue weighted by Crippen LogP contribution is -2.15. The number of halogens is 1. The van der Waals surface area contributed by atoms with Crippen molar-refractivity contribution < 1.29 is 5.11 Å². The van der Waals surface area contributed by atoms with Gasteiger partial charge in [-0.1, -0.05) is 54.1 Å². The van der Waals surface area contributed by atoms with Crippen molar-refractivity contribution in [3.8, 4) is 5.75 Å². The molecule has 0 radical (unpaired) electrons. The first-order chi connectivity index (χ1) is 12.7. The van der Waals surface area contributed by atoms with E-state index in [1.54, 1.807) is 24.5 Å². The number of rotatable bonds is 4. The molecule has 0 aliphatic heterocycles. The van der Waals surface area contributed by atoms with Gasteiger partial charge in [0.2, 0.25) is 5.95 Å². The molecule has 1 atom stereocenters. The van der Waals surface area contributed by atoms with Crippen LogP contribution in [-0.4, -0.2) is 15.1 Å². The molecule has 26 heavy (non-hydrogen) atoms. The number of aromatic hydroxyl groups is 1. The third-order valence-electron chi connectivity index (χ3n) is 4.28. The van der Waals surface area contributed by atoms with E-state index in [0.29, 0.717) is 11.0 Å². The van der Waals surface area contributed by atoms with Crippen LogP contribution in [0.1, 0.15) is 17.2 Å². The maximum Gasteiger partial charge on any atom is 0.223 e. The second-order valence-corrected chi connectivity index (χ2v) is 6.36. The van der Waals surface area contributed by atoms with Gasteiger partial charge in [-0.2, -0.15) is 0 Å². The number of anilines is 1. The maximum absolute atomic E-state index is 10.7. The van der Waals surface area contributed by atoms with Gasteiger partial charge >= 0.3 is 0 Å². The SMILES string of the molecule is Oc1ccc2ccccc2c1C(Nc1ncccn1)c1ccc(Cl)cc1. The first-order valence-corrected chi connectivity index (χ1v) is 8.60. The van der Waals surface area contributed by atoms with Crippen molar-refractivity contribution in [2.75, 3.05) is 5.32 Å². The van der Waals surface area contributed by atoms with E-state index in [0.717, 1.165) is 21.9 Å². The van der Waals surface area contributed by atoms with Crippen LogP contribution in [0.3, 0.4) is 0 Å². The van der Waals surface area contributed by atoms with E-state index in [1.807, 2.05) is 54.6 Å². The molecule has 0 saturated heterocycles. The molecule has 4 aromatic rings. The number of nitrogens with one attached hydrogen (secondary N) is 1.